The molecule has 0 spiro atoms. The minimum absolute atomic E-state index is 0.0338. The Kier molecular flexibility index (Phi) is 6.76. The monoisotopic (exact) mass is 507 g/mol. The molecule has 196 valence electrons. The molecule has 2 aliphatic heterocycles. The maximum absolute atomic E-state index is 12.6. The number of amides is 1. The molecule has 0 radical (unpaired) electrons. The van der Waals surface area contributed by atoms with E-state index < -0.39 is 5.60 Å². The Balaban J connectivity index is 1.52. The summed E-state index contributed by atoms with van der Waals surface area (Å²) in [5, 5.41) is 4.66. The standard InChI is InChI=1S/C27H33N5O5/c1-5-36-25(33)19-8-6-18(7-9-19)23-22(20-16-31(17-20)26(34)37-27(2,3)4)29-24-21(10-11-28-32(23)24)30-12-14-35-15-13-30/h6-11,20H,5,12-17H2,1-4H3. The van der Waals surface area contributed by atoms with Crippen molar-refractivity contribution in [3.8, 4) is 11.3 Å². The topological polar surface area (TPSA) is 98.5 Å². The molecule has 0 saturated carbocycles. The largest absolute Gasteiger partial charge is 0.462 e. The van der Waals surface area contributed by atoms with Crippen molar-refractivity contribution < 1.29 is 23.8 Å². The number of esters is 1. The van der Waals surface area contributed by atoms with Crippen molar-refractivity contribution in [2.75, 3.05) is 50.9 Å². The minimum atomic E-state index is -0.548. The average molecular weight is 508 g/mol. The molecule has 2 fully saturated rings. The van der Waals surface area contributed by atoms with E-state index in [9.17, 15) is 9.59 Å². The first-order valence-electron chi connectivity index (χ1n) is 12.7. The third-order valence-corrected chi connectivity index (χ3v) is 6.47. The summed E-state index contributed by atoms with van der Waals surface area (Å²) >= 11 is 0. The first kappa shape index (κ1) is 25.0. The highest BCUT2D eigenvalue weighted by atomic mass is 16.6. The van der Waals surface area contributed by atoms with Crippen LogP contribution in [0.5, 0.6) is 0 Å². The zero-order valence-electron chi connectivity index (χ0n) is 21.8. The maximum Gasteiger partial charge on any atom is 0.410 e. The average Bonchev–Trinajstić information content (AvgIpc) is 3.22. The lowest BCUT2D eigenvalue weighted by Gasteiger charge is -2.39. The number of rotatable bonds is 5. The Morgan fingerprint density at radius 3 is 2.43 bits per heavy atom. The van der Waals surface area contributed by atoms with E-state index in [1.165, 1.54) is 0 Å². The van der Waals surface area contributed by atoms with Crippen molar-refractivity contribution in [2.45, 2.75) is 39.2 Å². The predicted octanol–water partition coefficient (Wildman–Crippen LogP) is 3.74. The Hall–Kier alpha value is -3.66. The number of ether oxygens (including phenoxy) is 3. The number of carbonyl (C=O) groups is 2. The molecule has 0 aliphatic carbocycles. The number of anilines is 1. The maximum atomic E-state index is 12.6. The van der Waals surface area contributed by atoms with E-state index in [0.29, 0.717) is 38.5 Å². The lowest BCUT2D eigenvalue weighted by Crippen LogP contribution is -2.50. The molecule has 2 aromatic heterocycles. The van der Waals surface area contributed by atoms with Crippen LogP contribution in [0.2, 0.25) is 0 Å². The highest BCUT2D eigenvalue weighted by molar-refractivity contribution is 5.90. The lowest BCUT2D eigenvalue weighted by molar-refractivity contribution is 0.00793. The van der Waals surface area contributed by atoms with Crippen LogP contribution in [0.3, 0.4) is 0 Å². The molecule has 1 amide bonds. The summed E-state index contributed by atoms with van der Waals surface area (Å²) in [4.78, 5) is 33.8. The zero-order chi connectivity index (χ0) is 26.2. The second kappa shape index (κ2) is 10.0. The van der Waals surface area contributed by atoms with Gasteiger partial charge in [0.1, 0.15) is 5.60 Å². The van der Waals surface area contributed by atoms with E-state index >= 15 is 0 Å². The van der Waals surface area contributed by atoms with Crippen LogP contribution >= 0.6 is 0 Å². The summed E-state index contributed by atoms with van der Waals surface area (Å²) in [6, 6.07) is 9.30. The summed E-state index contributed by atoms with van der Waals surface area (Å²) < 4.78 is 18.1. The van der Waals surface area contributed by atoms with Gasteiger partial charge in [-0.1, -0.05) is 12.1 Å². The Morgan fingerprint density at radius 2 is 1.78 bits per heavy atom. The summed E-state index contributed by atoms with van der Waals surface area (Å²) in [5.41, 5.74) is 4.32. The summed E-state index contributed by atoms with van der Waals surface area (Å²) in [5.74, 6) is -0.321. The van der Waals surface area contributed by atoms with E-state index in [0.717, 1.165) is 41.4 Å². The molecule has 10 heteroatoms. The van der Waals surface area contributed by atoms with Gasteiger partial charge in [0.25, 0.3) is 0 Å². The van der Waals surface area contributed by atoms with Gasteiger partial charge in [0.15, 0.2) is 5.65 Å². The number of fused-ring (bicyclic) bond motifs is 1. The number of nitrogens with zero attached hydrogens (tertiary/aromatic N) is 5. The normalized spacial score (nSPS) is 16.5. The Labute approximate surface area is 216 Å². The fourth-order valence-corrected chi connectivity index (χ4v) is 4.66. The lowest BCUT2D eigenvalue weighted by atomic mass is 9.93. The fraction of sp³-hybridized carbons (Fsp3) is 0.481. The third-order valence-electron chi connectivity index (χ3n) is 6.47. The molecule has 2 saturated heterocycles. The first-order chi connectivity index (χ1) is 17.7. The second-order valence-electron chi connectivity index (χ2n) is 10.3. The van der Waals surface area contributed by atoms with E-state index in [1.807, 2.05) is 43.5 Å². The number of imidazole rings is 1. The van der Waals surface area contributed by atoms with Crippen LogP contribution < -0.4 is 4.90 Å². The Morgan fingerprint density at radius 1 is 1.08 bits per heavy atom. The minimum Gasteiger partial charge on any atom is -0.462 e. The van der Waals surface area contributed by atoms with Crippen molar-refractivity contribution in [2.24, 2.45) is 0 Å². The van der Waals surface area contributed by atoms with Crippen LogP contribution in [0.15, 0.2) is 36.5 Å². The molecular weight excluding hydrogens is 474 g/mol. The number of aromatic nitrogens is 3. The molecule has 0 atom stereocenters. The number of hydrogen-bond donors (Lipinski definition) is 0. The van der Waals surface area contributed by atoms with E-state index in [1.54, 1.807) is 30.2 Å². The smallest absolute Gasteiger partial charge is 0.410 e. The molecule has 0 bridgehead atoms. The van der Waals surface area contributed by atoms with E-state index in [-0.39, 0.29) is 18.0 Å². The molecule has 2 aliphatic rings. The van der Waals surface area contributed by atoms with E-state index in [2.05, 4.69) is 10.00 Å². The van der Waals surface area contributed by atoms with Gasteiger partial charge in [0, 0.05) is 37.7 Å². The number of benzene rings is 1. The zero-order valence-corrected chi connectivity index (χ0v) is 21.8. The van der Waals surface area contributed by atoms with Crippen molar-refractivity contribution >= 4 is 23.4 Å². The molecule has 10 nitrogen and oxygen atoms in total. The quantitative estimate of drug-likeness (QED) is 0.482. The predicted molar refractivity (Wildman–Crippen MR) is 138 cm³/mol. The van der Waals surface area contributed by atoms with Crippen molar-refractivity contribution in [1.29, 1.82) is 0 Å². The highest BCUT2D eigenvalue weighted by Gasteiger charge is 2.38. The number of likely N-dealkylation sites (tertiary alicyclic amines) is 1. The highest BCUT2D eigenvalue weighted by Crippen LogP contribution is 2.37. The van der Waals surface area contributed by atoms with Gasteiger partial charge in [0.2, 0.25) is 0 Å². The number of morpholine rings is 1. The molecule has 3 aromatic rings. The van der Waals surface area contributed by atoms with Crippen LogP contribution in [0.25, 0.3) is 16.9 Å². The van der Waals surface area contributed by atoms with Crippen LogP contribution in [-0.4, -0.2) is 83.2 Å². The summed E-state index contributed by atoms with van der Waals surface area (Å²) in [7, 11) is 0. The second-order valence-corrected chi connectivity index (χ2v) is 10.3. The molecular formula is C27H33N5O5. The van der Waals surface area contributed by atoms with Gasteiger partial charge in [-0.3, -0.25) is 0 Å². The molecule has 0 N–H and O–H groups in total. The number of hydrogen-bond acceptors (Lipinski definition) is 8. The van der Waals surface area contributed by atoms with Crippen molar-refractivity contribution in [1.82, 2.24) is 19.5 Å². The van der Waals surface area contributed by atoms with Gasteiger partial charge in [-0.15, -0.1) is 0 Å². The molecule has 4 heterocycles. The van der Waals surface area contributed by atoms with Gasteiger partial charge >= 0.3 is 12.1 Å². The molecule has 37 heavy (non-hydrogen) atoms. The van der Waals surface area contributed by atoms with Crippen molar-refractivity contribution in [3.05, 3.63) is 47.8 Å². The van der Waals surface area contributed by atoms with Gasteiger partial charge in [-0.2, -0.15) is 5.10 Å². The van der Waals surface area contributed by atoms with Gasteiger partial charge in [0.05, 0.1) is 48.7 Å². The van der Waals surface area contributed by atoms with Gasteiger partial charge < -0.3 is 24.0 Å². The van der Waals surface area contributed by atoms with Gasteiger partial charge in [-0.25, -0.2) is 19.1 Å². The molecule has 1 aromatic carbocycles. The fourth-order valence-electron chi connectivity index (χ4n) is 4.66. The van der Waals surface area contributed by atoms with Gasteiger partial charge in [-0.05, 0) is 45.9 Å². The number of carbonyl (C=O) groups excluding carboxylic acids is 2. The summed E-state index contributed by atoms with van der Waals surface area (Å²) in [6.07, 6.45) is 1.47. The Bertz CT molecular complexity index is 1280. The van der Waals surface area contributed by atoms with Crippen molar-refractivity contribution in [3.63, 3.8) is 0 Å². The molecule has 0 unspecified atom stereocenters. The molecule has 5 rings (SSSR count). The third kappa shape index (κ3) is 5.11. The van der Waals surface area contributed by atoms with Crippen LogP contribution in [0.1, 0.15) is 49.7 Å². The van der Waals surface area contributed by atoms with Crippen LogP contribution in [0, 0.1) is 0 Å². The first-order valence-corrected chi connectivity index (χ1v) is 12.7. The van der Waals surface area contributed by atoms with Crippen LogP contribution in [0.4, 0.5) is 10.5 Å². The summed E-state index contributed by atoms with van der Waals surface area (Å²) in [6.45, 7) is 11.6. The van der Waals surface area contributed by atoms with E-state index in [4.69, 9.17) is 19.2 Å². The SMILES string of the molecule is CCOC(=O)c1ccc(-c2c(C3CN(C(=O)OC(C)(C)C)C3)nc3c(N4CCOCC4)ccnn23)cc1. The van der Waals surface area contributed by atoms with Crippen LogP contribution in [-0.2, 0) is 14.2 Å².